The molecule has 2 aromatic rings. The van der Waals surface area contributed by atoms with Crippen LogP contribution in [0, 0.1) is 6.92 Å². The number of sulfone groups is 1. The van der Waals surface area contributed by atoms with Crippen molar-refractivity contribution in [3.63, 3.8) is 0 Å². The molecule has 0 aliphatic carbocycles. The molecule has 1 amide bonds. The molecule has 1 N–H and O–H groups in total. The Balaban J connectivity index is 1.73. The molecule has 1 atom stereocenters. The molecule has 146 valence electrons. The fourth-order valence-electron chi connectivity index (χ4n) is 3.22. The third-order valence-electron chi connectivity index (χ3n) is 4.49. The highest BCUT2D eigenvalue weighted by Gasteiger charge is 2.31. The monoisotopic (exact) mass is 393 g/mol. The average Bonchev–Trinajstić information content (AvgIpc) is 3.16. The highest BCUT2D eigenvalue weighted by molar-refractivity contribution is 7.91. The molecule has 1 aromatic heterocycles. The number of hydrogen-bond acceptors (Lipinski definition) is 6. The number of aromatic nitrogens is 2. The first kappa shape index (κ1) is 19.2. The molecule has 1 fully saturated rings. The predicted molar refractivity (Wildman–Crippen MR) is 101 cm³/mol. The second kappa shape index (κ2) is 7.59. The average molecular weight is 393 g/mol. The van der Waals surface area contributed by atoms with E-state index in [1.165, 1.54) is 0 Å². The fourth-order valence-corrected chi connectivity index (χ4v) is 4.91. The van der Waals surface area contributed by atoms with Crippen LogP contribution >= 0.6 is 0 Å². The van der Waals surface area contributed by atoms with Gasteiger partial charge in [0.25, 0.3) is 0 Å². The largest absolute Gasteiger partial charge is 0.493 e. The second-order valence-electron chi connectivity index (χ2n) is 6.59. The molecule has 1 saturated heterocycles. The number of aryl methyl sites for hydroxylation is 1. The van der Waals surface area contributed by atoms with Crippen LogP contribution in [-0.4, -0.2) is 49.8 Å². The van der Waals surface area contributed by atoms with Crippen LogP contribution in [0.15, 0.2) is 24.3 Å². The summed E-state index contributed by atoms with van der Waals surface area (Å²) in [6, 6.07) is 6.80. The van der Waals surface area contributed by atoms with Crippen LogP contribution in [0.4, 0.5) is 5.82 Å². The number of nitrogens with zero attached hydrogens (tertiary/aromatic N) is 2. The van der Waals surface area contributed by atoms with Crippen molar-refractivity contribution >= 4 is 21.6 Å². The van der Waals surface area contributed by atoms with Gasteiger partial charge in [0, 0.05) is 6.07 Å². The summed E-state index contributed by atoms with van der Waals surface area (Å²) in [4.78, 5) is 12.5. The van der Waals surface area contributed by atoms with Gasteiger partial charge in [-0.1, -0.05) is 6.07 Å². The molecule has 0 radical (unpaired) electrons. The lowest BCUT2D eigenvalue weighted by atomic mass is 10.1. The Morgan fingerprint density at radius 2 is 2.00 bits per heavy atom. The molecule has 8 nitrogen and oxygen atoms in total. The molecule has 2 heterocycles. The van der Waals surface area contributed by atoms with Gasteiger partial charge >= 0.3 is 0 Å². The van der Waals surface area contributed by atoms with Crippen LogP contribution in [0.2, 0.25) is 0 Å². The first-order valence-electron chi connectivity index (χ1n) is 8.58. The summed E-state index contributed by atoms with van der Waals surface area (Å²) in [5.74, 6) is 1.64. The van der Waals surface area contributed by atoms with Gasteiger partial charge in [0.1, 0.15) is 5.82 Å². The normalized spacial score (nSPS) is 18.3. The zero-order valence-electron chi connectivity index (χ0n) is 15.6. The Labute approximate surface area is 158 Å². The molecule has 1 aliphatic rings. The maximum atomic E-state index is 12.5. The van der Waals surface area contributed by atoms with Crippen molar-refractivity contribution in [3.8, 4) is 11.5 Å². The van der Waals surface area contributed by atoms with Gasteiger partial charge in [-0.25, -0.2) is 13.1 Å². The third kappa shape index (κ3) is 4.41. The summed E-state index contributed by atoms with van der Waals surface area (Å²) in [7, 11) is 0.0511. The van der Waals surface area contributed by atoms with E-state index in [0.29, 0.717) is 23.7 Å². The minimum absolute atomic E-state index is 0.0483. The van der Waals surface area contributed by atoms with Crippen LogP contribution < -0.4 is 14.8 Å². The van der Waals surface area contributed by atoms with E-state index < -0.39 is 9.84 Å². The Hall–Kier alpha value is -2.55. The number of amides is 1. The number of anilines is 1. The number of rotatable bonds is 6. The SMILES string of the molecule is COc1ccc(CC(=O)Nc2cc(C)nn2[C@H]2CCS(=O)(=O)C2)cc1OC. The topological polar surface area (TPSA) is 99.5 Å². The molecule has 3 rings (SSSR count). The smallest absolute Gasteiger partial charge is 0.229 e. The Morgan fingerprint density at radius 3 is 2.63 bits per heavy atom. The molecule has 27 heavy (non-hydrogen) atoms. The third-order valence-corrected chi connectivity index (χ3v) is 6.24. The van der Waals surface area contributed by atoms with Crippen LogP contribution in [-0.2, 0) is 21.1 Å². The van der Waals surface area contributed by atoms with Crippen LogP contribution in [0.3, 0.4) is 0 Å². The van der Waals surface area contributed by atoms with E-state index in [9.17, 15) is 13.2 Å². The molecule has 0 spiro atoms. The molecular weight excluding hydrogens is 370 g/mol. The van der Waals surface area contributed by atoms with Crippen molar-refractivity contribution in [1.82, 2.24) is 9.78 Å². The van der Waals surface area contributed by atoms with Gasteiger partial charge in [-0.05, 0) is 31.0 Å². The van der Waals surface area contributed by atoms with E-state index in [1.54, 1.807) is 43.2 Å². The minimum Gasteiger partial charge on any atom is -0.493 e. The van der Waals surface area contributed by atoms with Crippen molar-refractivity contribution in [2.45, 2.75) is 25.8 Å². The fraction of sp³-hybridized carbons (Fsp3) is 0.444. The molecule has 0 unspecified atom stereocenters. The van der Waals surface area contributed by atoms with Gasteiger partial charge in [-0.2, -0.15) is 5.10 Å². The molecule has 9 heteroatoms. The standard InChI is InChI=1S/C18H23N3O5S/c1-12-8-17(21(20-12)14-6-7-27(23,24)11-14)19-18(22)10-13-4-5-15(25-2)16(9-13)26-3/h4-5,8-9,14H,6-7,10-11H2,1-3H3,(H,19,22)/t14-/m0/s1. The van der Waals surface area contributed by atoms with Crippen molar-refractivity contribution in [2.75, 3.05) is 31.0 Å². The van der Waals surface area contributed by atoms with E-state index >= 15 is 0 Å². The van der Waals surface area contributed by atoms with Crippen molar-refractivity contribution < 1.29 is 22.7 Å². The molecular formula is C18H23N3O5S. The van der Waals surface area contributed by atoms with Crippen LogP contribution in [0.25, 0.3) is 0 Å². The highest BCUT2D eigenvalue weighted by Crippen LogP contribution is 2.29. The van der Waals surface area contributed by atoms with Crippen LogP contribution in [0.1, 0.15) is 23.7 Å². The second-order valence-corrected chi connectivity index (χ2v) is 8.82. The van der Waals surface area contributed by atoms with E-state index in [1.807, 2.05) is 6.92 Å². The first-order valence-corrected chi connectivity index (χ1v) is 10.4. The summed E-state index contributed by atoms with van der Waals surface area (Å²) in [5, 5.41) is 7.21. The maximum absolute atomic E-state index is 12.5. The van der Waals surface area contributed by atoms with Gasteiger partial charge < -0.3 is 14.8 Å². The number of ether oxygens (including phenoxy) is 2. The lowest BCUT2D eigenvalue weighted by Crippen LogP contribution is -2.20. The number of carbonyl (C=O) groups is 1. The van der Waals surface area contributed by atoms with E-state index in [0.717, 1.165) is 11.3 Å². The lowest BCUT2D eigenvalue weighted by molar-refractivity contribution is -0.115. The summed E-state index contributed by atoms with van der Waals surface area (Å²) < 4.78 is 35.6. The van der Waals surface area contributed by atoms with E-state index in [-0.39, 0.29) is 29.9 Å². The van der Waals surface area contributed by atoms with Crippen molar-refractivity contribution in [2.24, 2.45) is 0 Å². The highest BCUT2D eigenvalue weighted by atomic mass is 32.2. The molecule has 0 saturated carbocycles. The quantitative estimate of drug-likeness (QED) is 0.803. The minimum atomic E-state index is -3.04. The predicted octanol–water partition coefficient (Wildman–Crippen LogP) is 1.75. The Morgan fingerprint density at radius 1 is 1.26 bits per heavy atom. The van der Waals surface area contributed by atoms with E-state index in [4.69, 9.17) is 9.47 Å². The van der Waals surface area contributed by atoms with Crippen molar-refractivity contribution in [3.05, 3.63) is 35.5 Å². The molecule has 1 aromatic carbocycles. The molecule has 1 aliphatic heterocycles. The number of hydrogen-bond donors (Lipinski definition) is 1. The van der Waals surface area contributed by atoms with Gasteiger partial charge in [-0.3, -0.25) is 4.79 Å². The summed E-state index contributed by atoms with van der Waals surface area (Å²) >= 11 is 0. The number of benzene rings is 1. The number of methoxy groups -OCH3 is 2. The summed E-state index contributed by atoms with van der Waals surface area (Å²) in [6.45, 7) is 1.81. The zero-order valence-corrected chi connectivity index (χ0v) is 16.4. The lowest BCUT2D eigenvalue weighted by Gasteiger charge is -2.14. The van der Waals surface area contributed by atoms with E-state index in [2.05, 4.69) is 10.4 Å². The molecule has 0 bridgehead atoms. The van der Waals surface area contributed by atoms with Gasteiger partial charge in [0.2, 0.25) is 5.91 Å². The number of nitrogens with one attached hydrogen (secondary N) is 1. The van der Waals surface area contributed by atoms with Gasteiger partial charge in [0.05, 0.1) is 43.9 Å². The Bertz CT molecular complexity index is 952. The Kier molecular flexibility index (Phi) is 5.41. The van der Waals surface area contributed by atoms with Gasteiger partial charge in [0.15, 0.2) is 21.3 Å². The maximum Gasteiger partial charge on any atom is 0.229 e. The van der Waals surface area contributed by atoms with Crippen molar-refractivity contribution in [1.29, 1.82) is 0 Å². The zero-order chi connectivity index (χ0) is 19.6. The number of carbonyl (C=O) groups excluding carboxylic acids is 1. The summed E-state index contributed by atoms with van der Waals surface area (Å²) in [5.41, 5.74) is 1.50. The summed E-state index contributed by atoms with van der Waals surface area (Å²) in [6.07, 6.45) is 0.648. The van der Waals surface area contributed by atoms with Crippen LogP contribution in [0.5, 0.6) is 11.5 Å². The van der Waals surface area contributed by atoms with Gasteiger partial charge in [-0.15, -0.1) is 0 Å². The first-order chi connectivity index (χ1) is 12.8.